The van der Waals surface area contributed by atoms with Gasteiger partial charge in [0.15, 0.2) is 0 Å². The molecule has 2 unspecified atom stereocenters. The predicted octanol–water partition coefficient (Wildman–Crippen LogP) is 1.94. The van der Waals surface area contributed by atoms with E-state index in [9.17, 15) is 9.59 Å². The Morgan fingerprint density at radius 2 is 1.89 bits per heavy atom. The normalized spacial score (nSPS) is 24.6. The van der Waals surface area contributed by atoms with Gasteiger partial charge in [0.2, 0.25) is 11.8 Å². The predicted molar refractivity (Wildman–Crippen MR) is 72.1 cm³/mol. The van der Waals surface area contributed by atoms with Crippen molar-refractivity contribution in [2.75, 3.05) is 6.54 Å². The maximum Gasteiger partial charge on any atom is 0.245 e. The summed E-state index contributed by atoms with van der Waals surface area (Å²) in [6, 6.07) is -0.581. The molecule has 0 radical (unpaired) electrons. The topological polar surface area (TPSA) is 49.4 Å². The van der Waals surface area contributed by atoms with Gasteiger partial charge in [-0.1, -0.05) is 34.1 Å². The van der Waals surface area contributed by atoms with Gasteiger partial charge >= 0.3 is 0 Å². The maximum absolute atomic E-state index is 12.4. The van der Waals surface area contributed by atoms with Crippen LogP contribution in [0, 0.1) is 5.92 Å². The number of nitrogens with zero attached hydrogens (tertiary/aromatic N) is 1. The first kappa shape index (κ1) is 15.0. The van der Waals surface area contributed by atoms with Gasteiger partial charge in [0.25, 0.3) is 0 Å². The van der Waals surface area contributed by atoms with Crippen molar-refractivity contribution in [2.45, 2.75) is 65.5 Å². The molecule has 2 atom stereocenters. The van der Waals surface area contributed by atoms with Gasteiger partial charge in [-0.25, -0.2) is 0 Å². The molecule has 0 aromatic rings. The van der Waals surface area contributed by atoms with Gasteiger partial charge in [0.1, 0.15) is 12.1 Å². The second kappa shape index (κ2) is 6.76. The SMILES string of the molecule is CCCC1C(=O)NC(CC(C)C)C(=O)N1CCC. The summed E-state index contributed by atoms with van der Waals surface area (Å²) in [5.74, 6) is 0.532. The molecule has 4 heteroatoms. The minimum absolute atomic E-state index is 0.0237. The number of carbonyl (C=O) groups excluding carboxylic acids is 2. The molecule has 4 nitrogen and oxygen atoms in total. The minimum atomic E-state index is -0.322. The van der Waals surface area contributed by atoms with Gasteiger partial charge in [-0.2, -0.15) is 0 Å². The number of rotatable bonds is 6. The van der Waals surface area contributed by atoms with E-state index in [1.807, 2.05) is 13.8 Å². The van der Waals surface area contributed by atoms with Gasteiger partial charge in [-0.3, -0.25) is 9.59 Å². The molecule has 104 valence electrons. The fourth-order valence-corrected chi connectivity index (χ4v) is 2.52. The molecule has 1 N–H and O–H groups in total. The lowest BCUT2D eigenvalue weighted by Crippen LogP contribution is -2.63. The Kier molecular flexibility index (Phi) is 5.63. The van der Waals surface area contributed by atoms with Crippen molar-refractivity contribution in [3.8, 4) is 0 Å². The van der Waals surface area contributed by atoms with Crippen LogP contribution >= 0.6 is 0 Å². The number of hydrogen-bond acceptors (Lipinski definition) is 2. The van der Waals surface area contributed by atoms with E-state index in [1.165, 1.54) is 0 Å². The lowest BCUT2D eigenvalue weighted by Gasteiger charge is -2.39. The van der Waals surface area contributed by atoms with Crippen LogP contribution in [0.5, 0.6) is 0 Å². The van der Waals surface area contributed by atoms with Gasteiger partial charge in [0.05, 0.1) is 0 Å². The molecule has 0 aromatic carbocycles. The molecule has 18 heavy (non-hydrogen) atoms. The Labute approximate surface area is 110 Å². The molecule has 0 spiro atoms. The summed E-state index contributed by atoms with van der Waals surface area (Å²) in [6.07, 6.45) is 3.30. The summed E-state index contributed by atoms with van der Waals surface area (Å²) >= 11 is 0. The molecule has 0 aromatic heterocycles. The van der Waals surface area contributed by atoms with E-state index in [2.05, 4.69) is 19.2 Å². The summed E-state index contributed by atoms with van der Waals surface area (Å²) in [7, 11) is 0. The number of carbonyl (C=O) groups is 2. The highest BCUT2D eigenvalue weighted by molar-refractivity contribution is 5.96. The Morgan fingerprint density at radius 3 is 2.39 bits per heavy atom. The van der Waals surface area contributed by atoms with Crippen molar-refractivity contribution in [1.29, 1.82) is 0 Å². The Balaban J connectivity index is 2.82. The average Bonchev–Trinajstić information content (AvgIpc) is 2.29. The Hall–Kier alpha value is -1.06. The van der Waals surface area contributed by atoms with Crippen LogP contribution in [0.2, 0.25) is 0 Å². The smallest absolute Gasteiger partial charge is 0.245 e. The molecule has 1 saturated heterocycles. The van der Waals surface area contributed by atoms with Crippen LogP contribution in [-0.2, 0) is 9.59 Å². The first-order valence-corrected chi connectivity index (χ1v) is 7.12. The molecule has 1 rings (SSSR count). The highest BCUT2D eigenvalue weighted by Crippen LogP contribution is 2.18. The number of amides is 2. The van der Waals surface area contributed by atoms with Crippen molar-refractivity contribution in [3.05, 3.63) is 0 Å². The molecule has 2 amide bonds. The van der Waals surface area contributed by atoms with E-state index in [4.69, 9.17) is 0 Å². The van der Waals surface area contributed by atoms with E-state index in [0.717, 1.165) is 25.7 Å². The first-order chi connectivity index (χ1) is 8.51. The number of hydrogen-bond donors (Lipinski definition) is 1. The van der Waals surface area contributed by atoms with Gasteiger partial charge < -0.3 is 10.2 Å². The minimum Gasteiger partial charge on any atom is -0.342 e. The van der Waals surface area contributed by atoms with Crippen molar-refractivity contribution in [2.24, 2.45) is 5.92 Å². The van der Waals surface area contributed by atoms with Crippen LogP contribution in [0.4, 0.5) is 0 Å². The maximum atomic E-state index is 12.4. The van der Waals surface area contributed by atoms with E-state index < -0.39 is 0 Å². The van der Waals surface area contributed by atoms with Crippen molar-refractivity contribution < 1.29 is 9.59 Å². The first-order valence-electron chi connectivity index (χ1n) is 7.12. The standard InChI is InChI=1S/C14H26N2O2/c1-5-7-12-13(17)15-11(9-10(3)4)14(18)16(12)8-6-2/h10-12H,5-9H2,1-4H3,(H,15,17). The quantitative estimate of drug-likeness (QED) is 0.787. The van der Waals surface area contributed by atoms with Crippen LogP contribution in [0.15, 0.2) is 0 Å². The summed E-state index contributed by atoms with van der Waals surface area (Å²) < 4.78 is 0. The fourth-order valence-electron chi connectivity index (χ4n) is 2.52. The third-order valence-corrected chi connectivity index (χ3v) is 3.31. The van der Waals surface area contributed by atoms with Crippen LogP contribution in [0.3, 0.4) is 0 Å². The van der Waals surface area contributed by atoms with Gasteiger partial charge in [-0.05, 0) is 25.2 Å². The molecule has 1 aliphatic heterocycles. The van der Waals surface area contributed by atoms with Crippen LogP contribution < -0.4 is 5.32 Å². The largest absolute Gasteiger partial charge is 0.342 e. The summed E-state index contributed by atoms with van der Waals surface area (Å²) in [6.45, 7) is 8.91. The van der Waals surface area contributed by atoms with E-state index in [1.54, 1.807) is 4.90 Å². The van der Waals surface area contributed by atoms with Crippen LogP contribution in [-0.4, -0.2) is 35.3 Å². The molecule has 0 saturated carbocycles. The van der Waals surface area contributed by atoms with Crippen molar-refractivity contribution in [1.82, 2.24) is 10.2 Å². The summed E-state index contributed by atoms with van der Waals surface area (Å²) in [5.41, 5.74) is 0. The third-order valence-electron chi connectivity index (χ3n) is 3.31. The molecule has 0 aliphatic carbocycles. The van der Waals surface area contributed by atoms with E-state index >= 15 is 0 Å². The molecule has 1 heterocycles. The monoisotopic (exact) mass is 254 g/mol. The Morgan fingerprint density at radius 1 is 1.22 bits per heavy atom. The van der Waals surface area contributed by atoms with Crippen LogP contribution in [0.25, 0.3) is 0 Å². The molecule has 1 fully saturated rings. The van der Waals surface area contributed by atoms with Crippen LogP contribution in [0.1, 0.15) is 53.4 Å². The molecular formula is C14H26N2O2. The summed E-state index contributed by atoms with van der Waals surface area (Å²) in [5, 5.41) is 2.89. The Bertz CT molecular complexity index is 302. The van der Waals surface area contributed by atoms with E-state index in [0.29, 0.717) is 12.5 Å². The summed E-state index contributed by atoms with van der Waals surface area (Å²) in [4.78, 5) is 26.3. The molecule has 1 aliphatic rings. The second-order valence-electron chi connectivity index (χ2n) is 5.53. The zero-order chi connectivity index (χ0) is 13.7. The molecule has 0 bridgehead atoms. The highest BCUT2D eigenvalue weighted by atomic mass is 16.2. The lowest BCUT2D eigenvalue weighted by atomic mass is 9.97. The van der Waals surface area contributed by atoms with Gasteiger partial charge in [-0.15, -0.1) is 0 Å². The second-order valence-corrected chi connectivity index (χ2v) is 5.53. The fraction of sp³-hybridized carbons (Fsp3) is 0.857. The average molecular weight is 254 g/mol. The molecular weight excluding hydrogens is 228 g/mol. The zero-order valence-corrected chi connectivity index (χ0v) is 12.0. The van der Waals surface area contributed by atoms with E-state index in [-0.39, 0.29) is 23.9 Å². The van der Waals surface area contributed by atoms with Crippen molar-refractivity contribution in [3.63, 3.8) is 0 Å². The highest BCUT2D eigenvalue weighted by Gasteiger charge is 2.39. The zero-order valence-electron chi connectivity index (χ0n) is 12.0. The lowest BCUT2D eigenvalue weighted by molar-refractivity contribution is -0.150. The number of nitrogens with one attached hydrogen (secondary N) is 1. The number of piperazine rings is 1. The van der Waals surface area contributed by atoms with Crippen molar-refractivity contribution >= 4 is 11.8 Å². The third kappa shape index (κ3) is 3.47. The van der Waals surface area contributed by atoms with Gasteiger partial charge in [0, 0.05) is 6.54 Å².